The number of halogens is 6. The van der Waals surface area contributed by atoms with Crippen LogP contribution >= 0.6 is 61.5 Å². The summed E-state index contributed by atoms with van der Waals surface area (Å²) in [7, 11) is 0. The molecule has 114 valence electrons. The normalized spacial score (nSPS) is 11.5. The zero-order valence-corrected chi connectivity index (χ0v) is 15.3. The van der Waals surface area contributed by atoms with Gasteiger partial charge in [0.1, 0.15) is 5.75 Å². The van der Waals surface area contributed by atoms with Gasteiger partial charge in [-0.05, 0) is 50.7 Å². The van der Waals surface area contributed by atoms with E-state index in [-0.39, 0.29) is 5.75 Å². The lowest BCUT2D eigenvalue weighted by molar-refractivity contribution is -0.274. The molecule has 0 saturated heterocycles. The van der Waals surface area contributed by atoms with Gasteiger partial charge in [0.25, 0.3) is 0 Å². The Hall–Kier alpha value is -0.260. The zero-order valence-electron chi connectivity index (χ0n) is 9.97. The van der Waals surface area contributed by atoms with E-state index in [1.54, 1.807) is 6.20 Å². The molecule has 1 heterocycles. The first-order valence-electron chi connectivity index (χ1n) is 5.33. The highest BCUT2D eigenvalue weighted by molar-refractivity contribution is 14.1. The third kappa shape index (κ3) is 5.15. The van der Waals surface area contributed by atoms with Gasteiger partial charge in [-0.1, -0.05) is 11.6 Å². The fourth-order valence-corrected chi connectivity index (χ4v) is 4.11. The molecule has 21 heavy (non-hydrogen) atoms. The van der Waals surface area contributed by atoms with Gasteiger partial charge in [0.15, 0.2) is 4.47 Å². The molecule has 0 atom stereocenters. The SMILES string of the molecule is FC(F)(F)Oc1cc(Br)c(NCc2cnc(Cl)s2)c(I)c1. The first-order valence-corrected chi connectivity index (χ1v) is 8.40. The number of aromatic nitrogens is 1. The lowest BCUT2D eigenvalue weighted by atomic mass is 10.3. The van der Waals surface area contributed by atoms with Gasteiger partial charge in [0.05, 0.1) is 12.2 Å². The Balaban J connectivity index is 2.13. The van der Waals surface area contributed by atoms with Gasteiger partial charge in [0, 0.05) is 19.1 Å². The summed E-state index contributed by atoms with van der Waals surface area (Å²) < 4.78 is 42.0. The van der Waals surface area contributed by atoms with Crippen molar-refractivity contribution in [2.75, 3.05) is 5.32 Å². The standard InChI is InChI=1S/C11H6BrClF3IN2OS/c12-7-1-5(20-11(14,15)16)2-8(17)9(7)18-3-6-4-19-10(13)21-6/h1-2,4,18H,3H2. The summed E-state index contributed by atoms with van der Waals surface area (Å²) >= 11 is 12.2. The minimum atomic E-state index is -4.71. The topological polar surface area (TPSA) is 34.1 Å². The van der Waals surface area contributed by atoms with Crippen LogP contribution in [0.15, 0.2) is 22.8 Å². The maximum absolute atomic E-state index is 12.2. The van der Waals surface area contributed by atoms with Gasteiger partial charge in [-0.15, -0.1) is 24.5 Å². The Labute approximate surface area is 149 Å². The Bertz CT molecular complexity index is 630. The second-order valence-electron chi connectivity index (χ2n) is 3.74. The fraction of sp³-hybridized carbons (Fsp3) is 0.182. The monoisotopic (exact) mass is 512 g/mol. The second-order valence-corrected chi connectivity index (χ2v) is 7.46. The highest BCUT2D eigenvalue weighted by Crippen LogP contribution is 2.35. The molecule has 10 heteroatoms. The van der Waals surface area contributed by atoms with Crippen LogP contribution in [0.4, 0.5) is 18.9 Å². The Morgan fingerprint density at radius 2 is 2.14 bits per heavy atom. The van der Waals surface area contributed by atoms with Crippen LogP contribution in [0.3, 0.4) is 0 Å². The van der Waals surface area contributed by atoms with Crippen LogP contribution in [0.1, 0.15) is 4.88 Å². The molecule has 1 N–H and O–H groups in total. The number of alkyl halides is 3. The average Bonchev–Trinajstić information content (AvgIpc) is 2.71. The van der Waals surface area contributed by atoms with E-state index >= 15 is 0 Å². The van der Waals surface area contributed by atoms with Crippen molar-refractivity contribution >= 4 is 67.1 Å². The molecule has 0 amide bonds. The highest BCUT2D eigenvalue weighted by Gasteiger charge is 2.31. The maximum atomic E-state index is 12.2. The molecule has 1 aromatic heterocycles. The molecule has 2 rings (SSSR count). The first kappa shape index (κ1) is 17.1. The molecule has 2 aromatic rings. The molecule has 0 aliphatic carbocycles. The summed E-state index contributed by atoms with van der Waals surface area (Å²) in [6.07, 6.45) is -3.07. The fourth-order valence-electron chi connectivity index (χ4n) is 1.45. The Morgan fingerprint density at radius 3 is 2.67 bits per heavy atom. The molecular formula is C11H6BrClF3IN2OS. The van der Waals surface area contributed by atoms with Crippen LogP contribution in [-0.2, 0) is 6.54 Å². The molecule has 0 radical (unpaired) electrons. The van der Waals surface area contributed by atoms with Crippen molar-refractivity contribution in [2.24, 2.45) is 0 Å². The number of ether oxygens (including phenoxy) is 1. The molecule has 0 fully saturated rings. The van der Waals surface area contributed by atoms with E-state index in [4.69, 9.17) is 11.6 Å². The van der Waals surface area contributed by atoms with Gasteiger partial charge in [-0.3, -0.25) is 0 Å². The van der Waals surface area contributed by atoms with E-state index in [2.05, 4.69) is 31.0 Å². The first-order chi connectivity index (χ1) is 9.74. The van der Waals surface area contributed by atoms with Crippen LogP contribution in [0.5, 0.6) is 5.75 Å². The molecule has 0 saturated carbocycles. The van der Waals surface area contributed by atoms with E-state index in [1.807, 2.05) is 22.6 Å². The number of anilines is 1. The Morgan fingerprint density at radius 1 is 1.43 bits per heavy atom. The lowest BCUT2D eigenvalue weighted by Gasteiger charge is -2.14. The molecule has 3 nitrogen and oxygen atoms in total. The number of nitrogens with one attached hydrogen (secondary N) is 1. The molecule has 0 aliphatic rings. The average molecular weight is 514 g/mol. The summed E-state index contributed by atoms with van der Waals surface area (Å²) in [6.45, 7) is 0.471. The van der Waals surface area contributed by atoms with Gasteiger partial charge in [-0.25, -0.2) is 4.98 Å². The number of thiazole rings is 1. The van der Waals surface area contributed by atoms with Crippen molar-refractivity contribution in [3.63, 3.8) is 0 Å². The van der Waals surface area contributed by atoms with E-state index in [1.165, 1.54) is 23.5 Å². The van der Waals surface area contributed by atoms with Crippen molar-refractivity contribution in [3.05, 3.63) is 35.7 Å². The van der Waals surface area contributed by atoms with Gasteiger partial charge in [-0.2, -0.15) is 0 Å². The van der Waals surface area contributed by atoms with Crippen molar-refractivity contribution in [2.45, 2.75) is 12.9 Å². The summed E-state index contributed by atoms with van der Waals surface area (Å²) in [5.41, 5.74) is 0.676. The summed E-state index contributed by atoms with van der Waals surface area (Å²) in [5.74, 6) is -0.273. The predicted molar refractivity (Wildman–Crippen MR) is 88.0 cm³/mol. The molecular weight excluding hydrogens is 507 g/mol. The number of benzene rings is 1. The van der Waals surface area contributed by atoms with Gasteiger partial charge >= 0.3 is 6.36 Å². The van der Waals surface area contributed by atoms with Crippen molar-refractivity contribution in [3.8, 4) is 5.75 Å². The second kappa shape index (κ2) is 6.88. The minimum Gasteiger partial charge on any atom is -0.406 e. The van der Waals surface area contributed by atoms with Crippen LogP contribution in [0.25, 0.3) is 0 Å². The smallest absolute Gasteiger partial charge is 0.406 e. The third-order valence-electron chi connectivity index (χ3n) is 2.21. The Kier molecular flexibility index (Phi) is 5.60. The summed E-state index contributed by atoms with van der Waals surface area (Å²) in [6, 6.07) is 2.57. The lowest BCUT2D eigenvalue weighted by Crippen LogP contribution is -2.17. The van der Waals surface area contributed by atoms with Gasteiger partial charge in [0.2, 0.25) is 0 Å². The quantitative estimate of drug-likeness (QED) is 0.535. The molecule has 0 aliphatic heterocycles. The van der Waals surface area contributed by atoms with E-state index in [9.17, 15) is 13.2 Å². The number of nitrogens with zero attached hydrogens (tertiary/aromatic N) is 1. The number of hydrogen-bond acceptors (Lipinski definition) is 4. The largest absolute Gasteiger partial charge is 0.573 e. The number of rotatable bonds is 4. The van der Waals surface area contributed by atoms with E-state index in [0.29, 0.717) is 24.7 Å². The van der Waals surface area contributed by atoms with E-state index < -0.39 is 6.36 Å². The molecule has 0 bridgehead atoms. The van der Waals surface area contributed by atoms with Crippen molar-refractivity contribution in [1.29, 1.82) is 0 Å². The molecule has 0 spiro atoms. The summed E-state index contributed by atoms with van der Waals surface area (Å²) in [4.78, 5) is 4.83. The van der Waals surface area contributed by atoms with Crippen LogP contribution in [0, 0.1) is 3.57 Å². The zero-order chi connectivity index (χ0) is 15.6. The maximum Gasteiger partial charge on any atom is 0.573 e. The minimum absolute atomic E-state index is 0.273. The third-order valence-corrected chi connectivity index (χ3v) is 4.80. The predicted octanol–water partition coefficient (Wildman–Crippen LogP) is 5.67. The summed E-state index contributed by atoms with van der Waals surface area (Å²) in [5, 5.41) is 3.12. The van der Waals surface area contributed by atoms with Crippen LogP contribution < -0.4 is 10.1 Å². The van der Waals surface area contributed by atoms with Gasteiger partial charge < -0.3 is 10.1 Å². The van der Waals surface area contributed by atoms with Crippen LogP contribution in [-0.4, -0.2) is 11.3 Å². The van der Waals surface area contributed by atoms with Crippen LogP contribution in [0.2, 0.25) is 4.47 Å². The van der Waals surface area contributed by atoms with Crippen molar-refractivity contribution < 1.29 is 17.9 Å². The number of hydrogen-bond donors (Lipinski definition) is 1. The molecule has 1 aromatic carbocycles. The van der Waals surface area contributed by atoms with Crippen molar-refractivity contribution in [1.82, 2.24) is 4.98 Å². The molecule has 0 unspecified atom stereocenters. The van der Waals surface area contributed by atoms with E-state index in [0.717, 1.165) is 4.88 Å². The highest BCUT2D eigenvalue weighted by atomic mass is 127.